The molecule has 0 N–H and O–H groups in total. The Morgan fingerprint density at radius 3 is 2.91 bits per heavy atom. The third-order valence-electron chi connectivity index (χ3n) is 1.31. The fraction of sp³-hybridized carbons (Fsp3) is 0.250. The van der Waals surface area contributed by atoms with Gasteiger partial charge < -0.3 is 4.74 Å². The molecule has 0 aliphatic rings. The Hall–Kier alpha value is -0.466. The van der Waals surface area contributed by atoms with E-state index in [-0.39, 0.29) is 27.7 Å². The molecule has 3 heteroatoms. The van der Waals surface area contributed by atoms with E-state index in [0.29, 0.717) is 6.42 Å². The average molecular weight is 185 g/mol. The largest absolute Gasteiger partial charge is 0.470 e. The Labute approximate surface area is 80.8 Å². The van der Waals surface area contributed by atoms with Gasteiger partial charge in [0, 0.05) is 28.1 Å². The number of hydrogen-bond donors (Lipinski definition) is 0. The van der Waals surface area contributed by atoms with Crippen LogP contribution in [0.15, 0.2) is 24.3 Å². The number of carbonyl (C=O) groups excluding carboxylic acids is 1. The minimum absolute atomic E-state index is 0. The summed E-state index contributed by atoms with van der Waals surface area (Å²) in [6.07, 6.45) is 0.378. The molecule has 0 saturated heterocycles. The van der Waals surface area contributed by atoms with E-state index >= 15 is 0 Å². The van der Waals surface area contributed by atoms with Gasteiger partial charge in [0.1, 0.15) is 0 Å². The van der Waals surface area contributed by atoms with Crippen LogP contribution in [0.4, 0.5) is 0 Å². The maximum atomic E-state index is 10.7. The number of carbonyl (C=O) groups is 1. The van der Waals surface area contributed by atoms with Gasteiger partial charge in [-0.3, -0.25) is 4.79 Å². The van der Waals surface area contributed by atoms with Crippen molar-refractivity contribution >= 4 is 5.97 Å². The number of rotatable bonds is 2. The first-order valence-corrected chi connectivity index (χ1v) is 3.10. The second-order valence-corrected chi connectivity index (χ2v) is 2.05. The molecule has 0 atom stereocenters. The maximum absolute atomic E-state index is 10.7. The third kappa shape index (κ3) is 3.44. The van der Waals surface area contributed by atoms with Gasteiger partial charge in [-0.15, -0.1) is 0 Å². The smallest absolute Gasteiger partial charge is 0.297 e. The van der Waals surface area contributed by atoms with Crippen molar-refractivity contribution in [2.24, 2.45) is 0 Å². The summed E-state index contributed by atoms with van der Waals surface area (Å²) in [6.45, 7) is 0. The van der Waals surface area contributed by atoms with Gasteiger partial charge in [-0.05, 0) is 0 Å². The molecule has 1 aromatic rings. The minimum Gasteiger partial charge on any atom is -0.470 e. The molecule has 0 heterocycles. The van der Waals surface area contributed by atoms with Crippen LogP contribution in [-0.2, 0) is 37.7 Å². The van der Waals surface area contributed by atoms with Gasteiger partial charge in [-0.2, -0.15) is 23.8 Å². The zero-order chi connectivity index (χ0) is 7.40. The molecule has 0 aliphatic heterocycles. The molecule has 0 saturated carbocycles. The predicted octanol–water partition coefficient (Wildman–Crippen LogP) is 1.12. The van der Waals surface area contributed by atoms with Crippen LogP contribution < -0.4 is 0 Å². The van der Waals surface area contributed by atoms with Gasteiger partial charge >= 0.3 is 0 Å². The van der Waals surface area contributed by atoms with Gasteiger partial charge in [-0.25, -0.2) is 6.07 Å². The maximum Gasteiger partial charge on any atom is 0.297 e. The number of hydrogen-bond acceptors (Lipinski definition) is 2. The molecule has 2 nitrogen and oxygen atoms in total. The molecule has 11 heavy (non-hydrogen) atoms. The van der Waals surface area contributed by atoms with E-state index in [0.717, 1.165) is 5.56 Å². The topological polar surface area (TPSA) is 26.3 Å². The van der Waals surface area contributed by atoms with Crippen molar-refractivity contribution in [2.45, 2.75) is 6.42 Å². The number of ether oxygens (including phenoxy) is 1. The van der Waals surface area contributed by atoms with Gasteiger partial charge in [-0.1, -0.05) is 0 Å². The quantitative estimate of drug-likeness (QED) is 0.392. The Morgan fingerprint density at radius 2 is 2.45 bits per heavy atom. The van der Waals surface area contributed by atoms with E-state index < -0.39 is 0 Å². The normalized spacial score (nSPS) is 8.45. The Bertz CT molecular complexity index is 204. The molecule has 0 bridgehead atoms. The van der Waals surface area contributed by atoms with E-state index in [1.807, 2.05) is 24.3 Å². The van der Waals surface area contributed by atoms with E-state index in [1.54, 1.807) is 0 Å². The van der Waals surface area contributed by atoms with E-state index in [2.05, 4.69) is 4.74 Å². The summed E-state index contributed by atoms with van der Waals surface area (Å²) in [5.41, 5.74) is 1.01. The van der Waals surface area contributed by atoms with Crippen molar-refractivity contribution in [2.75, 3.05) is 7.11 Å². The van der Waals surface area contributed by atoms with Crippen LogP contribution in [0.5, 0.6) is 0 Å². The van der Waals surface area contributed by atoms with Gasteiger partial charge in [0.25, 0.3) is 5.97 Å². The second kappa shape index (κ2) is 5.22. The zero-order valence-corrected chi connectivity index (χ0v) is 7.89. The molecule has 1 aromatic carbocycles. The van der Waals surface area contributed by atoms with Crippen LogP contribution in [0.3, 0.4) is 0 Å². The fourth-order valence-corrected chi connectivity index (χ4v) is 0.771. The Morgan fingerprint density at radius 1 is 1.73 bits per heavy atom. The summed E-state index contributed by atoms with van der Waals surface area (Å²) in [6, 6.07) is 7.60. The first kappa shape index (κ1) is 10.5. The summed E-state index contributed by atoms with van der Waals surface area (Å²) in [5, 5.41) is 0. The average Bonchev–Trinajstić information content (AvgIpc) is 2.40. The summed E-state index contributed by atoms with van der Waals surface area (Å²) in [7, 11) is 1.39. The SMILES string of the molecule is COC(=O)Cc1cc[cH-]c1.[Ti]. The number of esters is 1. The van der Waals surface area contributed by atoms with Crippen molar-refractivity contribution in [3.8, 4) is 0 Å². The van der Waals surface area contributed by atoms with E-state index in [1.165, 1.54) is 7.11 Å². The minimum atomic E-state index is -0.189. The monoisotopic (exact) mass is 185 g/mol. The third-order valence-corrected chi connectivity index (χ3v) is 1.31. The molecule has 58 valence electrons. The molecule has 0 aliphatic carbocycles. The van der Waals surface area contributed by atoms with Crippen LogP contribution in [-0.4, -0.2) is 13.1 Å². The van der Waals surface area contributed by atoms with Crippen LogP contribution >= 0.6 is 0 Å². The summed E-state index contributed by atoms with van der Waals surface area (Å²) in [5.74, 6) is -0.189. The predicted molar refractivity (Wildman–Crippen MR) is 37.8 cm³/mol. The molecule has 0 unspecified atom stereocenters. The first-order chi connectivity index (χ1) is 4.83. The molecule has 0 aromatic heterocycles. The molecule has 0 spiro atoms. The van der Waals surface area contributed by atoms with E-state index in [4.69, 9.17) is 0 Å². The van der Waals surface area contributed by atoms with Crippen molar-refractivity contribution in [1.82, 2.24) is 0 Å². The van der Waals surface area contributed by atoms with Gasteiger partial charge in [0.15, 0.2) is 0 Å². The van der Waals surface area contributed by atoms with Crippen molar-refractivity contribution < 1.29 is 31.2 Å². The molecule has 0 radical (unpaired) electrons. The second-order valence-electron chi connectivity index (χ2n) is 2.05. The molecule has 0 amide bonds. The number of methoxy groups -OCH3 is 1. The molecule has 1 rings (SSSR count). The zero-order valence-electron chi connectivity index (χ0n) is 6.33. The Balaban J connectivity index is 0.000001000. The van der Waals surface area contributed by atoms with Crippen LogP contribution in [0.2, 0.25) is 0 Å². The van der Waals surface area contributed by atoms with Crippen molar-refractivity contribution in [1.29, 1.82) is 0 Å². The fourth-order valence-electron chi connectivity index (χ4n) is 0.771. The van der Waals surface area contributed by atoms with Gasteiger partial charge in [0.2, 0.25) is 0 Å². The van der Waals surface area contributed by atoms with Crippen LogP contribution in [0.25, 0.3) is 0 Å². The Kier molecular flexibility index (Phi) is 5.00. The summed E-state index contributed by atoms with van der Waals surface area (Å²) >= 11 is 0. The molecular weight excluding hydrogens is 176 g/mol. The van der Waals surface area contributed by atoms with Crippen LogP contribution in [0, 0.1) is 0 Å². The summed E-state index contributed by atoms with van der Waals surface area (Å²) in [4.78, 5) is 10.7. The molecule has 0 fully saturated rings. The summed E-state index contributed by atoms with van der Waals surface area (Å²) < 4.78 is 4.48. The van der Waals surface area contributed by atoms with E-state index in [9.17, 15) is 4.79 Å². The van der Waals surface area contributed by atoms with Crippen molar-refractivity contribution in [3.05, 3.63) is 29.8 Å². The molecular formula is C8H9O2Ti-. The standard InChI is InChI=1S/C8H9O2.Ti/c1-10-8(9)6-7-4-2-3-5-7;/h2-5H,6H2,1H3;/q-1;. The van der Waals surface area contributed by atoms with Crippen molar-refractivity contribution in [3.63, 3.8) is 0 Å². The van der Waals surface area contributed by atoms with Gasteiger partial charge in [0.05, 0.1) is 7.11 Å². The first-order valence-electron chi connectivity index (χ1n) is 3.10. The van der Waals surface area contributed by atoms with Crippen LogP contribution in [0.1, 0.15) is 5.56 Å².